The van der Waals surface area contributed by atoms with Crippen LogP contribution < -0.4 is 5.11 Å². The van der Waals surface area contributed by atoms with Gasteiger partial charge in [0, 0.05) is 0 Å². The molecule has 0 bridgehead atoms. The molecule has 0 aromatic heterocycles. The van der Waals surface area contributed by atoms with E-state index in [2.05, 4.69) is 0 Å². The second-order valence-electron chi connectivity index (χ2n) is 0.506. The van der Waals surface area contributed by atoms with Gasteiger partial charge in [-0.15, -0.1) is 0 Å². The van der Waals surface area contributed by atoms with Crippen LogP contribution in [-0.2, 0) is 4.79 Å². The quantitative estimate of drug-likeness (QED) is 0.373. The fourth-order valence-electron chi connectivity index (χ4n) is 0. The number of aliphatic carboxylic acids is 1. The number of hydrogen-bond acceptors (Lipinski definition) is 2. The van der Waals surface area contributed by atoms with Crippen molar-refractivity contribution in [1.82, 2.24) is 0 Å². The molecule has 30 valence electrons. The van der Waals surface area contributed by atoms with Crippen LogP contribution in [0.3, 0.4) is 0 Å². The Morgan fingerprint density at radius 1 is 1.83 bits per heavy atom. The van der Waals surface area contributed by atoms with Gasteiger partial charge in [-0.25, -0.2) is 4.39 Å². The van der Waals surface area contributed by atoms with Crippen molar-refractivity contribution in [3.63, 3.8) is 0 Å². The molecule has 0 fully saturated rings. The van der Waals surface area contributed by atoms with Crippen LogP contribution in [0, 0.1) is 0 Å². The topological polar surface area (TPSA) is 40.1 Å². The Morgan fingerprint density at radius 3 is 2.00 bits per heavy atom. The summed E-state index contributed by atoms with van der Waals surface area (Å²) in [5, 5.41) is 8.88. The summed E-state index contributed by atoms with van der Waals surface area (Å²) in [6, 6.07) is 0. The van der Waals surface area contributed by atoms with Crippen LogP contribution in [-0.4, -0.2) is 30.0 Å². The molecule has 6 heavy (non-hydrogen) atoms. The molecule has 0 aliphatic carbocycles. The third-order valence-corrected chi connectivity index (χ3v) is 0.109. The van der Waals surface area contributed by atoms with E-state index < -0.39 is 12.6 Å². The Kier molecular flexibility index (Phi) is 7.67. The predicted octanol–water partition coefficient (Wildman–Crippen LogP) is -1.68. The van der Waals surface area contributed by atoms with Crippen LogP contribution in [0.15, 0.2) is 0 Å². The Morgan fingerprint density at radius 2 is 2.00 bits per heavy atom. The second-order valence-corrected chi connectivity index (χ2v) is 0.506. The largest absolute Gasteiger partial charge is 3.00 e. The van der Waals surface area contributed by atoms with Gasteiger partial charge in [0.05, 0.1) is 5.97 Å². The first-order chi connectivity index (χ1) is 2.27. The first-order valence-corrected chi connectivity index (χ1v) is 1.03. The van der Waals surface area contributed by atoms with E-state index in [9.17, 15) is 4.39 Å². The third-order valence-electron chi connectivity index (χ3n) is 0.109. The number of rotatable bonds is 1. The van der Waals surface area contributed by atoms with Gasteiger partial charge in [0.1, 0.15) is 6.67 Å². The molecule has 0 radical (unpaired) electrons. The molecule has 0 unspecified atom stereocenters. The van der Waals surface area contributed by atoms with E-state index in [-0.39, 0.29) is 17.4 Å². The minimum Gasteiger partial charge on any atom is -0.547 e. The zero-order chi connectivity index (χ0) is 4.28. The summed E-state index contributed by atoms with van der Waals surface area (Å²) < 4.78 is 10.5. The molecule has 0 aliphatic rings. The van der Waals surface area contributed by atoms with Crippen molar-refractivity contribution in [3.05, 3.63) is 0 Å². The fraction of sp³-hybridized carbons (Fsp3) is 0.500. The van der Waals surface area contributed by atoms with Crippen molar-refractivity contribution in [1.29, 1.82) is 0 Å². The van der Waals surface area contributed by atoms with Crippen molar-refractivity contribution >= 4 is 23.3 Å². The Bertz CT molecular complexity index is 46.8. The van der Waals surface area contributed by atoms with Crippen LogP contribution in [0.1, 0.15) is 0 Å². The van der Waals surface area contributed by atoms with Crippen LogP contribution in [0.4, 0.5) is 4.39 Å². The minimum absolute atomic E-state index is 0. The normalized spacial score (nSPS) is 6.17. The molecule has 0 heterocycles. The molecule has 0 amide bonds. The zero-order valence-electron chi connectivity index (χ0n) is 2.98. The van der Waals surface area contributed by atoms with Gasteiger partial charge in [-0.05, 0) is 0 Å². The van der Waals surface area contributed by atoms with Crippen LogP contribution in [0.2, 0.25) is 0 Å². The van der Waals surface area contributed by atoms with Crippen molar-refractivity contribution in [2.24, 2.45) is 0 Å². The van der Waals surface area contributed by atoms with Gasteiger partial charge in [0.2, 0.25) is 0 Å². The summed E-state index contributed by atoms with van der Waals surface area (Å²) in [6.07, 6.45) is 0. The summed E-state index contributed by atoms with van der Waals surface area (Å²) in [6.45, 7) is -1.39. The molecular weight excluding hydrogens is 102 g/mol. The summed E-state index contributed by atoms with van der Waals surface area (Å²) in [5.74, 6) is -1.66. The maximum atomic E-state index is 10.5. The SMILES string of the molecule is O=C([O-])CF.[Al+3]. The van der Waals surface area contributed by atoms with Crippen molar-refractivity contribution in [2.75, 3.05) is 6.67 Å². The molecule has 2 nitrogen and oxygen atoms in total. The number of carbonyl (C=O) groups is 1. The van der Waals surface area contributed by atoms with E-state index in [0.29, 0.717) is 0 Å². The van der Waals surface area contributed by atoms with E-state index in [1.165, 1.54) is 0 Å². The average molecular weight is 104 g/mol. The molecule has 0 N–H and O–H groups in total. The van der Waals surface area contributed by atoms with Crippen molar-refractivity contribution < 1.29 is 14.3 Å². The van der Waals surface area contributed by atoms with E-state index >= 15 is 0 Å². The van der Waals surface area contributed by atoms with Crippen LogP contribution in [0.25, 0.3) is 0 Å². The Hall–Kier alpha value is -0.0675. The molecule has 0 aromatic rings. The monoisotopic (exact) mass is 104 g/mol. The minimum atomic E-state index is -1.66. The standard InChI is InChI=1S/C2H3FO2.Al/c3-1-2(4)5;/h1H2,(H,4,5);/q;+3/p-1. The van der Waals surface area contributed by atoms with Crippen molar-refractivity contribution in [3.8, 4) is 0 Å². The van der Waals surface area contributed by atoms with E-state index in [1.807, 2.05) is 0 Å². The number of alkyl halides is 1. The second kappa shape index (κ2) is 4.93. The summed E-state index contributed by atoms with van der Waals surface area (Å²) in [4.78, 5) is 8.88. The smallest absolute Gasteiger partial charge is 0.547 e. The number of carbonyl (C=O) groups excluding carboxylic acids is 1. The molecule has 0 saturated carbocycles. The van der Waals surface area contributed by atoms with Gasteiger partial charge in [0.15, 0.2) is 0 Å². The molecule has 0 spiro atoms. The molecule has 0 aromatic carbocycles. The summed E-state index contributed by atoms with van der Waals surface area (Å²) >= 11 is 0. The average Bonchev–Trinajstić information content (AvgIpc) is 1.38. The van der Waals surface area contributed by atoms with Gasteiger partial charge in [-0.1, -0.05) is 0 Å². The van der Waals surface area contributed by atoms with Crippen LogP contribution >= 0.6 is 0 Å². The molecule has 0 saturated heterocycles. The summed E-state index contributed by atoms with van der Waals surface area (Å²) in [5.41, 5.74) is 0. The molecule has 0 aliphatic heterocycles. The van der Waals surface area contributed by atoms with Gasteiger partial charge in [0.25, 0.3) is 0 Å². The Labute approximate surface area is 45.1 Å². The number of carboxylic acids is 1. The first-order valence-electron chi connectivity index (χ1n) is 1.03. The molecule has 4 heteroatoms. The van der Waals surface area contributed by atoms with Gasteiger partial charge in [-0.2, -0.15) is 0 Å². The number of halogens is 1. The zero-order valence-corrected chi connectivity index (χ0v) is 4.13. The predicted molar refractivity (Wildman–Crippen MR) is 16.7 cm³/mol. The fourth-order valence-corrected chi connectivity index (χ4v) is 0. The molecule has 0 atom stereocenters. The van der Waals surface area contributed by atoms with Gasteiger partial charge in [-0.3, -0.25) is 0 Å². The van der Waals surface area contributed by atoms with E-state index in [4.69, 9.17) is 9.90 Å². The van der Waals surface area contributed by atoms with Crippen LogP contribution in [0.5, 0.6) is 0 Å². The molecule has 0 rings (SSSR count). The third kappa shape index (κ3) is 9.06. The molecular formula is C2H2AlFO2+2. The number of carboxylic acid groups (broad SMARTS) is 1. The Balaban J connectivity index is 0. The maximum Gasteiger partial charge on any atom is 3.00 e. The maximum absolute atomic E-state index is 10.5. The summed E-state index contributed by atoms with van der Waals surface area (Å²) in [7, 11) is 0. The van der Waals surface area contributed by atoms with E-state index in [1.54, 1.807) is 0 Å². The van der Waals surface area contributed by atoms with Crippen molar-refractivity contribution in [2.45, 2.75) is 0 Å². The first kappa shape index (κ1) is 9.33. The van der Waals surface area contributed by atoms with Gasteiger partial charge < -0.3 is 9.90 Å². The van der Waals surface area contributed by atoms with E-state index in [0.717, 1.165) is 0 Å². The number of hydrogen-bond donors (Lipinski definition) is 0. The van der Waals surface area contributed by atoms with Gasteiger partial charge >= 0.3 is 17.4 Å².